The highest BCUT2D eigenvalue weighted by atomic mass is 32.2. The molecule has 1 atom stereocenters. The molecular weight excluding hydrogens is 238 g/mol. The van der Waals surface area contributed by atoms with Gasteiger partial charge in [0.15, 0.2) is 0 Å². The van der Waals surface area contributed by atoms with E-state index in [0.29, 0.717) is 13.0 Å². The number of carbonyl (C=O) groups excluding carboxylic acids is 1. The number of hydrogen-bond donors (Lipinski definition) is 2. The molecular formula is C11H19N3O2S. The van der Waals surface area contributed by atoms with Crippen LogP contribution in [-0.4, -0.2) is 51.0 Å². The minimum absolute atomic E-state index is 0.256. The lowest BCUT2D eigenvalue weighted by atomic mass is 10.2. The molecule has 0 aromatic carbocycles. The third-order valence-electron chi connectivity index (χ3n) is 2.40. The van der Waals surface area contributed by atoms with Crippen molar-refractivity contribution < 1.29 is 9.90 Å². The Kier molecular flexibility index (Phi) is 5.50. The zero-order valence-corrected chi connectivity index (χ0v) is 11.3. The quantitative estimate of drug-likeness (QED) is 0.790. The van der Waals surface area contributed by atoms with Crippen molar-refractivity contribution in [1.29, 1.82) is 0 Å². The maximum atomic E-state index is 11.8. The van der Waals surface area contributed by atoms with Crippen molar-refractivity contribution in [3.05, 3.63) is 17.7 Å². The average molecular weight is 257 g/mol. The van der Waals surface area contributed by atoms with Crippen LogP contribution in [0.4, 0.5) is 0 Å². The van der Waals surface area contributed by atoms with Gasteiger partial charge in [-0.3, -0.25) is 4.79 Å². The van der Waals surface area contributed by atoms with Crippen molar-refractivity contribution in [2.75, 3.05) is 19.1 Å². The van der Waals surface area contributed by atoms with E-state index in [9.17, 15) is 9.90 Å². The van der Waals surface area contributed by atoms with Crippen LogP contribution < -0.4 is 0 Å². The molecule has 1 heterocycles. The first kappa shape index (κ1) is 14.1. The minimum atomic E-state index is -0.913. The second-order valence-electron chi connectivity index (χ2n) is 4.00. The number of nitrogens with zero attached hydrogens (tertiary/aromatic N) is 2. The Labute approximate surface area is 106 Å². The van der Waals surface area contributed by atoms with Gasteiger partial charge in [-0.05, 0) is 25.4 Å². The summed E-state index contributed by atoms with van der Waals surface area (Å²) in [6, 6.07) is 0. The lowest BCUT2D eigenvalue weighted by molar-refractivity contribution is -0.139. The molecule has 2 N–H and O–H groups in total. The zero-order valence-electron chi connectivity index (χ0n) is 10.4. The van der Waals surface area contributed by atoms with Gasteiger partial charge < -0.3 is 15.0 Å². The second kappa shape index (κ2) is 6.66. The van der Waals surface area contributed by atoms with Crippen LogP contribution in [0.3, 0.4) is 0 Å². The van der Waals surface area contributed by atoms with E-state index in [2.05, 4.69) is 9.97 Å². The van der Waals surface area contributed by atoms with Crippen molar-refractivity contribution in [1.82, 2.24) is 14.9 Å². The van der Waals surface area contributed by atoms with Crippen molar-refractivity contribution >= 4 is 17.7 Å². The van der Waals surface area contributed by atoms with Gasteiger partial charge in [0.2, 0.25) is 0 Å². The van der Waals surface area contributed by atoms with Crippen LogP contribution in [0.2, 0.25) is 0 Å². The average Bonchev–Trinajstić information content (AvgIpc) is 2.70. The van der Waals surface area contributed by atoms with E-state index in [-0.39, 0.29) is 5.91 Å². The predicted octanol–water partition coefficient (Wildman–Crippen LogP) is 0.791. The fraction of sp³-hybridized carbons (Fsp3) is 0.636. The second-order valence-corrected chi connectivity index (χ2v) is 4.99. The largest absolute Gasteiger partial charge is 0.383 e. The number of aromatic nitrogens is 2. The maximum Gasteiger partial charge on any atom is 0.251 e. The van der Waals surface area contributed by atoms with Gasteiger partial charge in [0.1, 0.15) is 11.9 Å². The summed E-state index contributed by atoms with van der Waals surface area (Å²) < 4.78 is 0. The van der Waals surface area contributed by atoms with E-state index < -0.39 is 6.10 Å². The number of amides is 1. The number of aromatic amines is 1. The molecule has 0 radical (unpaired) electrons. The number of imidazole rings is 1. The summed E-state index contributed by atoms with van der Waals surface area (Å²) in [4.78, 5) is 20.5. The number of aryl methyl sites for hydroxylation is 1. The third kappa shape index (κ3) is 4.40. The molecule has 1 aromatic heterocycles. The van der Waals surface area contributed by atoms with Gasteiger partial charge in [-0.2, -0.15) is 11.8 Å². The molecule has 0 fully saturated rings. The molecule has 0 spiro atoms. The summed E-state index contributed by atoms with van der Waals surface area (Å²) in [7, 11) is 1.67. The van der Waals surface area contributed by atoms with Crippen LogP contribution in [0.1, 0.15) is 17.9 Å². The Morgan fingerprint density at radius 3 is 2.94 bits per heavy atom. The first-order chi connectivity index (χ1) is 8.04. The first-order valence-electron chi connectivity index (χ1n) is 5.47. The Hall–Kier alpha value is -1.01. The molecule has 17 heavy (non-hydrogen) atoms. The van der Waals surface area contributed by atoms with Crippen LogP contribution in [0.15, 0.2) is 6.20 Å². The highest BCUT2D eigenvalue weighted by Gasteiger charge is 2.19. The van der Waals surface area contributed by atoms with Gasteiger partial charge in [-0.25, -0.2) is 4.98 Å². The number of carbonyl (C=O) groups is 1. The van der Waals surface area contributed by atoms with Crippen molar-refractivity contribution in [2.45, 2.75) is 26.0 Å². The van der Waals surface area contributed by atoms with Crippen LogP contribution in [0.5, 0.6) is 0 Å². The van der Waals surface area contributed by atoms with Crippen LogP contribution in [0.25, 0.3) is 0 Å². The van der Waals surface area contributed by atoms with Gasteiger partial charge in [0, 0.05) is 18.9 Å². The maximum absolute atomic E-state index is 11.8. The summed E-state index contributed by atoms with van der Waals surface area (Å²) in [5, 5.41) is 9.67. The normalized spacial score (nSPS) is 12.5. The predicted molar refractivity (Wildman–Crippen MR) is 68.8 cm³/mol. The SMILES string of the molecule is CSCCC(O)C(=O)N(C)Cc1ncc(C)[nH]1. The van der Waals surface area contributed by atoms with Crippen LogP contribution in [0, 0.1) is 6.92 Å². The molecule has 6 heteroatoms. The summed E-state index contributed by atoms with van der Waals surface area (Å²) in [5.74, 6) is 1.25. The topological polar surface area (TPSA) is 69.2 Å². The Morgan fingerprint density at radius 1 is 1.71 bits per heavy atom. The number of rotatable bonds is 6. The van der Waals surface area contributed by atoms with Crippen molar-refractivity contribution in [3.8, 4) is 0 Å². The van der Waals surface area contributed by atoms with E-state index in [1.165, 1.54) is 4.90 Å². The van der Waals surface area contributed by atoms with E-state index >= 15 is 0 Å². The lowest BCUT2D eigenvalue weighted by Crippen LogP contribution is -2.36. The third-order valence-corrected chi connectivity index (χ3v) is 3.04. The number of nitrogens with one attached hydrogen (secondary N) is 1. The summed E-state index contributed by atoms with van der Waals surface area (Å²) in [5.41, 5.74) is 0.962. The molecule has 1 aromatic rings. The van der Waals surface area contributed by atoms with Gasteiger partial charge in [0.05, 0.1) is 6.54 Å². The Morgan fingerprint density at radius 2 is 2.41 bits per heavy atom. The highest BCUT2D eigenvalue weighted by molar-refractivity contribution is 7.98. The molecule has 1 rings (SSSR count). The number of likely N-dealkylation sites (N-methyl/N-ethyl adjacent to an activating group) is 1. The molecule has 1 unspecified atom stereocenters. The zero-order chi connectivity index (χ0) is 12.8. The molecule has 0 aliphatic rings. The van der Waals surface area contributed by atoms with Gasteiger partial charge in [-0.15, -0.1) is 0 Å². The molecule has 0 saturated carbocycles. The lowest BCUT2D eigenvalue weighted by Gasteiger charge is -2.19. The van der Waals surface area contributed by atoms with E-state index in [0.717, 1.165) is 17.3 Å². The fourth-order valence-corrected chi connectivity index (χ4v) is 1.92. The number of thioether (sulfide) groups is 1. The van der Waals surface area contributed by atoms with E-state index in [4.69, 9.17) is 0 Å². The number of H-pyrrole nitrogens is 1. The molecule has 96 valence electrons. The molecule has 5 nitrogen and oxygen atoms in total. The number of aliphatic hydroxyl groups is 1. The Bertz CT molecular complexity index is 367. The van der Waals surface area contributed by atoms with Crippen molar-refractivity contribution in [2.24, 2.45) is 0 Å². The molecule has 0 bridgehead atoms. The van der Waals surface area contributed by atoms with Crippen LogP contribution in [-0.2, 0) is 11.3 Å². The monoisotopic (exact) mass is 257 g/mol. The van der Waals surface area contributed by atoms with Gasteiger partial charge in [-0.1, -0.05) is 0 Å². The van der Waals surface area contributed by atoms with Crippen LogP contribution >= 0.6 is 11.8 Å². The van der Waals surface area contributed by atoms with E-state index in [1.54, 1.807) is 25.0 Å². The number of aliphatic hydroxyl groups excluding tert-OH is 1. The summed E-state index contributed by atoms with van der Waals surface area (Å²) in [6.07, 6.45) is 3.25. The molecule has 0 saturated heterocycles. The molecule has 1 amide bonds. The van der Waals surface area contributed by atoms with Gasteiger partial charge >= 0.3 is 0 Å². The summed E-state index contributed by atoms with van der Waals surface area (Å²) in [6.45, 7) is 2.30. The highest BCUT2D eigenvalue weighted by Crippen LogP contribution is 2.06. The van der Waals surface area contributed by atoms with E-state index in [1.807, 2.05) is 13.2 Å². The standard InChI is InChI=1S/C11H19N3O2S/c1-8-6-12-10(13-8)7-14(2)11(16)9(15)4-5-17-3/h6,9,15H,4-5,7H2,1-3H3,(H,12,13). The van der Waals surface area contributed by atoms with Crippen molar-refractivity contribution in [3.63, 3.8) is 0 Å². The smallest absolute Gasteiger partial charge is 0.251 e. The summed E-state index contributed by atoms with van der Waals surface area (Å²) >= 11 is 1.62. The first-order valence-corrected chi connectivity index (χ1v) is 6.86. The molecule has 0 aliphatic heterocycles. The number of hydrogen-bond acceptors (Lipinski definition) is 4. The molecule has 0 aliphatic carbocycles. The fourth-order valence-electron chi connectivity index (χ4n) is 1.46. The minimum Gasteiger partial charge on any atom is -0.383 e. The van der Waals surface area contributed by atoms with Gasteiger partial charge in [0.25, 0.3) is 5.91 Å². The Balaban J connectivity index is 2.46.